The molecule has 0 radical (unpaired) electrons. The predicted molar refractivity (Wildman–Crippen MR) is 70.7 cm³/mol. The van der Waals surface area contributed by atoms with Crippen LogP contribution in [0.25, 0.3) is 0 Å². The molecule has 0 spiro atoms. The molecule has 1 aliphatic rings. The minimum Gasteiger partial charge on any atom is -0.334 e. The molecular formula is C13H12Cl2N2O. The van der Waals surface area contributed by atoms with Crippen molar-refractivity contribution in [3.63, 3.8) is 0 Å². The summed E-state index contributed by atoms with van der Waals surface area (Å²) in [6.07, 6.45) is 3.29. The van der Waals surface area contributed by atoms with Gasteiger partial charge in [-0.2, -0.15) is 5.26 Å². The van der Waals surface area contributed by atoms with Crippen LogP contribution < -0.4 is 5.32 Å². The third-order valence-corrected chi connectivity index (χ3v) is 4.04. The number of halogens is 2. The van der Waals surface area contributed by atoms with Crippen molar-refractivity contribution in [1.29, 1.82) is 5.26 Å². The van der Waals surface area contributed by atoms with Crippen molar-refractivity contribution in [3.8, 4) is 6.07 Å². The van der Waals surface area contributed by atoms with Crippen LogP contribution in [0, 0.1) is 11.3 Å². The van der Waals surface area contributed by atoms with E-state index in [1.807, 2.05) is 0 Å². The normalized spacial score (nSPS) is 17.2. The third kappa shape index (κ3) is 2.45. The summed E-state index contributed by atoms with van der Waals surface area (Å²) in [5, 5.41) is 12.6. The minimum atomic E-state index is -0.747. The van der Waals surface area contributed by atoms with E-state index < -0.39 is 5.54 Å². The minimum absolute atomic E-state index is 0.225. The number of rotatable bonds is 2. The Kier molecular flexibility index (Phi) is 3.79. The Bertz CT molecular complexity index is 516. The van der Waals surface area contributed by atoms with E-state index in [9.17, 15) is 10.1 Å². The maximum absolute atomic E-state index is 12.1. The summed E-state index contributed by atoms with van der Waals surface area (Å²) in [7, 11) is 0. The molecule has 0 aromatic heterocycles. The van der Waals surface area contributed by atoms with Gasteiger partial charge >= 0.3 is 0 Å². The van der Waals surface area contributed by atoms with Crippen LogP contribution in [0.15, 0.2) is 18.2 Å². The lowest BCUT2D eigenvalue weighted by molar-refractivity contribution is 0.0921. The van der Waals surface area contributed by atoms with Gasteiger partial charge in [-0.25, -0.2) is 0 Å². The Balaban J connectivity index is 2.22. The van der Waals surface area contributed by atoms with Crippen LogP contribution >= 0.6 is 23.2 Å². The second-order valence-electron chi connectivity index (χ2n) is 4.46. The molecule has 94 valence electrons. The molecule has 0 saturated heterocycles. The van der Waals surface area contributed by atoms with Gasteiger partial charge in [0.2, 0.25) is 0 Å². The van der Waals surface area contributed by atoms with Crippen molar-refractivity contribution in [3.05, 3.63) is 33.8 Å². The largest absolute Gasteiger partial charge is 0.334 e. The molecule has 1 aromatic carbocycles. The van der Waals surface area contributed by atoms with Gasteiger partial charge in [-0.05, 0) is 37.8 Å². The quantitative estimate of drug-likeness (QED) is 0.902. The Morgan fingerprint density at radius 2 is 2.00 bits per heavy atom. The highest BCUT2D eigenvalue weighted by molar-refractivity contribution is 6.43. The average molecular weight is 283 g/mol. The lowest BCUT2D eigenvalue weighted by Gasteiger charge is -2.22. The van der Waals surface area contributed by atoms with E-state index in [0.717, 1.165) is 12.8 Å². The van der Waals surface area contributed by atoms with Crippen LogP contribution in [-0.2, 0) is 0 Å². The summed E-state index contributed by atoms with van der Waals surface area (Å²) >= 11 is 11.9. The molecule has 2 rings (SSSR count). The molecular weight excluding hydrogens is 271 g/mol. The molecule has 1 aliphatic carbocycles. The second kappa shape index (κ2) is 5.17. The smallest absolute Gasteiger partial charge is 0.254 e. The molecule has 3 nitrogen and oxygen atoms in total. The molecule has 0 bridgehead atoms. The molecule has 1 amide bonds. The van der Waals surface area contributed by atoms with Gasteiger partial charge in [0.1, 0.15) is 5.54 Å². The summed E-state index contributed by atoms with van der Waals surface area (Å²) in [5.41, 5.74) is -0.436. The summed E-state index contributed by atoms with van der Waals surface area (Å²) in [6, 6.07) is 7.09. The molecule has 0 aliphatic heterocycles. The topological polar surface area (TPSA) is 52.9 Å². The van der Waals surface area contributed by atoms with Crippen molar-refractivity contribution in [2.45, 2.75) is 31.2 Å². The first kappa shape index (κ1) is 13.2. The van der Waals surface area contributed by atoms with E-state index in [0.29, 0.717) is 23.4 Å². The summed E-state index contributed by atoms with van der Waals surface area (Å²) < 4.78 is 0. The average Bonchev–Trinajstić information content (AvgIpc) is 2.81. The highest BCUT2D eigenvalue weighted by Gasteiger charge is 2.35. The number of hydrogen-bond acceptors (Lipinski definition) is 2. The van der Waals surface area contributed by atoms with Crippen molar-refractivity contribution in [1.82, 2.24) is 5.32 Å². The summed E-state index contributed by atoms with van der Waals surface area (Å²) in [6.45, 7) is 0. The van der Waals surface area contributed by atoms with Gasteiger partial charge < -0.3 is 5.32 Å². The fourth-order valence-corrected chi connectivity index (χ4v) is 2.59. The maximum atomic E-state index is 12.1. The molecule has 1 N–H and O–H groups in total. The number of hydrogen-bond donors (Lipinski definition) is 1. The van der Waals surface area contributed by atoms with Crippen molar-refractivity contribution < 1.29 is 4.79 Å². The van der Waals surface area contributed by atoms with E-state index in [-0.39, 0.29) is 10.9 Å². The van der Waals surface area contributed by atoms with Gasteiger partial charge in [-0.3, -0.25) is 4.79 Å². The number of nitrogens with zero attached hydrogens (tertiary/aromatic N) is 1. The van der Waals surface area contributed by atoms with Crippen LogP contribution in [0.3, 0.4) is 0 Å². The molecule has 1 aromatic rings. The number of nitrogens with one attached hydrogen (secondary N) is 1. The van der Waals surface area contributed by atoms with E-state index in [2.05, 4.69) is 11.4 Å². The highest BCUT2D eigenvalue weighted by Crippen LogP contribution is 2.31. The first-order valence-electron chi connectivity index (χ1n) is 5.76. The zero-order valence-corrected chi connectivity index (χ0v) is 11.2. The molecule has 1 fully saturated rings. The zero-order chi connectivity index (χ0) is 13.2. The van der Waals surface area contributed by atoms with E-state index >= 15 is 0 Å². The molecule has 5 heteroatoms. The Hall–Kier alpha value is -1.24. The van der Waals surface area contributed by atoms with Crippen LogP contribution in [0.4, 0.5) is 0 Å². The van der Waals surface area contributed by atoms with Gasteiger partial charge in [0.25, 0.3) is 5.91 Å². The summed E-state index contributed by atoms with van der Waals surface area (Å²) in [5.74, 6) is -0.342. The number of nitriles is 1. The van der Waals surface area contributed by atoms with E-state index in [4.69, 9.17) is 23.2 Å². The lowest BCUT2D eigenvalue weighted by atomic mass is 9.99. The Labute approximate surface area is 116 Å². The van der Waals surface area contributed by atoms with Crippen LogP contribution in [0.1, 0.15) is 36.0 Å². The number of carbonyl (C=O) groups excluding carboxylic acids is 1. The van der Waals surface area contributed by atoms with E-state index in [1.165, 1.54) is 0 Å². The molecule has 0 heterocycles. The Morgan fingerprint density at radius 3 is 2.61 bits per heavy atom. The van der Waals surface area contributed by atoms with Crippen molar-refractivity contribution in [2.75, 3.05) is 0 Å². The van der Waals surface area contributed by atoms with Gasteiger partial charge in [-0.1, -0.05) is 29.3 Å². The Morgan fingerprint density at radius 1 is 1.33 bits per heavy atom. The lowest BCUT2D eigenvalue weighted by Crippen LogP contribution is -2.45. The van der Waals surface area contributed by atoms with Crippen LogP contribution in [0.2, 0.25) is 10.0 Å². The second-order valence-corrected chi connectivity index (χ2v) is 5.24. The van der Waals surface area contributed by atoms with Gasteiger partial charge in [-0.15, -0.1) is 0 Å². The molecule has 1 saturated carbocycles. The van der Waals surface area contributed by atoms with Gasteiger partial charge in [0, 0.05) is 0 Å². The first-order chi connectivity index (χ1) is 8.58. The van der Waals surface area contributed by atoms with Crippen LogP contribution in [-0.4, -0.2) is 11.4 Å². The fraction of sp³-hybridized carbons (Fsp3) is 0.385. The number of benzene rings is 1. The molecule has 0 atom stereocenters. The summed E-state index contributed by atoms with van der Waals surface area (Å²) in [4.78, 5) is 12.1. The van der Waals surface area contributed by atoms with Crippen molar-refractivity contribution >= 4 is 29.1 Å². The number of amides is 1. The first-order valence-corrected chi connectivity index (χ1v) is 6.51. The number of carbonyl (C=O) groups is 1. The van der Waals surface area contributed by atoms with Crippen LogP contribution in [0.5, 0.6) is 0 Å². The standard InChI is InChI=1S/C13H12Cl2N2O/c14-10-5-3-4-9(11(10)15)12(18)17-13(8-16)6-1-2-7-13/h3-5H,1-2,6-7H2,(H,17,18). The SMILES string of the molecule is N#CC1(NC(=O)c2cccc(Cl)c2Cl)CCCC1. The molecule has 18 heavy (non-hydrogen) atoms. The fourth-order valence-electron chi connectivity index (χ4n) is 2.21. The zero-order valence-electron chi connectivity index (χ0n) is 9.67. The molecule has 0 unspecified atom stereocenters. The monoisotopic (exact) mass is 282 g/mol. The van der Waals surface area contributed by atoms with Crippen molar-refractivity contribution in [2.24, 2.45) is 0 Å². The van der Waals surface area contributed by atoms with E-state index in [1.54, 1.807) is 18.2 Å². The third-order valence-electron chi connectivity index (χ3n) is 3.22. The van der Waals surface area contributed by atoms with Gasteiger partial charge in [0.05, 0.1) is 21.7 Å². The maximum Gasteiger partial charge on any atom is 0.254 e. The highest BCUT2D eigenvalue weighted by atomic mass is 35.5. The predicted octanol–water partition coefficient (Wildman–Crippen LogP) is 3.56. The van der Waals surface area contributed by atoms with Gasteiger partial charge in [0.15, 0.2) is 0 Å².